The molecule has 0 radical (unpaired) electrons. The van der Waals surface area contributed by atoms with Crippen molar-refractivity contribution in [2.75, 3.05) is 0 Å². The van der Waals surface area contributed by atoms with Gasteiger partial charge in [-0.3, -0.25) is 0 Å². The van der Waals surface area contributed by atoms with E-state index in [4.69, 9.17) is 0 Å². The molecule has 0 unspecified atom stereocenters. The van der Waals surface area contributed by atoms with Crippen LogP contribution in [-0.2, 0) is 39.1 Å². The van der Waals surface area contributed by atoms with Crippen LogP contribution in [-0.4, -0.2) is 40.4 Å². The summed E-state index contributed by atoms with van der Waals surface area (Å²) >= 11 is 0. The van der Waals surface area contributed by atoms with Gasteiger partial charge in [-0.15, -0.1) is 0 Å². The zero-order chi connectivity index (χ0) is 0. The first-order valence-electron chi connectivity index (χ1n) is 0. The Kier molecular flexibility index (Phi) is 137. The molecular weight excluding hydrogens is 151 g/mol. The van der Waals surface area contributed by atoms with Gasteiger partial charge < -0.3 is 2.85 Å². The van der Waals surface area contributed by atoms with Gasteiger partial charge in [0.05, 0.1) is 0 Å². The van der Waals surface area contributed by atoms with E-state index in [-0.39, 0.29) is 82.3 Å². The third-order valence-electron chi connectivity index (χ3n) is 0. The predicted molar refractivity (Wildman–Crippen MR) is 17.9 cm³/mol. The second-order valence-electron chi connectivity index (χ2n) is 0. The Morgan fingerprint density at radius 2 is 1.25 bits per heavy atom. The molecule has 0 saturated heterocycles. The average molecular weight is 156 g/mol. The minimum Gasteiger partial charge on any atom is -1.00 e. The molecular formula is H5AlCrMgTi. The fourth-order valence-electron chi connectivity index (χ4n) is 0. The van der Waals surface area contributed by atoms with Gasteiger partial charge in [0.15, 0.2) is 17.4 Å². The van der Waals surface area contributed by atoms with E-state index in [1.807, 2.05) is 0 Å². The first-order valence-corrected chi connectivity index (χ1v) is 0. The minimum absolute atomic E-state index is 0. The summed E-state index contributed by atoms with van der Waals surface area (Å²) in [5.41, 5.74) is 0. The summed E-state index contributed by atoms with van der Waals surface area (Å²) in [6.45, 7) is 0. The van der Waals surface area contributed by atoms with Gasteiger partial charge in [-0.2, -0.15) is 0 Å². The van der Waals surface area contributed by atoms with E-state index in [1.165, 1.54) is 0 Å². The van der Waals surface area contributed by atoms with Gasteiger partial charge in [0.25, 0.3) is 0 Å². The molecule has 0 spiro atoms. The Morgan fingerprint density at radius 3 is 1.25 bits per heavy atom. The fourth-order valence-corrected chi connectivity index (χ4v) is 0. The van der Waals surface area contributed by atoms with Crippen molar-refractivity contribution in [1.82, 2.24) is 0 Å². The van der Waals surface area contributed by atoms with Crippen LogP contribution in [0.25, 0.3) is 0 Å². The molecule has 0 aromatic rings. The molecule has 0 aliphatic heterocycles. The summed E-state index contributed by atoms with van der Waals surface area (Å²) in [5, 5.41) is 0. The number of hydrogen-bond donors (Lipinski definition) is 0. The first kappa shape index (κ1) is 31.1. The van der Waals surface area contributed by atoms with Gasteiger partial charge in [0.2, 0.25) is 0 Å². The monoisotopic (exact) mass is 156 g/mol. The fraction of sp³-hybridized carbons (Fsp3) is 0. The largest absolute Gasteiger partial charge is 2.00 e. The van der Waals surface area contributed by atoms with Crippen LogP contribution in [0.1, 0.15) is 2.85 Å². The van der Waals surface area contributed by atoms with Gasteiger partial charge >= 0.3 is 23.1 Å². The zero-order valence-corrected chi connectivity index (χ0v) is 5.87. The van der Waals surface area contributed by atoms with E-state index in [9.17, 15) is 0 Å². The Bertz CT molecular complexity index is 13.5. The van der Waals surface area contributed by atoms with Crippen LogP contribution < -0.4 is 0 Å². The molecule has 0 aromatic heterocycles. The molecule has 0 nitrogen and oxygen atoms in total. The summed E-state index contributed by atoms with van der Waals surface area (Å²) in [7, 11) is 0. The van der Waals surface area contributed by atoms with Crippen molar-refractivity contribution in [3.63, 3.8) is 0 Å². The molecule has 0 aromatic carbocycles. The molecule has 4 heteroatoms. The van der Waals surface area contributed by atoms with E-state index >= 15 is 0 Å². The first-order chi connectivity index (χ1) is 0. The van der Waals surface area contributed by atoms with E-state index in [1.54, 1.807) is 0 Å². The maximum absolute atomic E-state index is 0. The second kappa shape index (κ2) is 17.7. The van der Waals surface area contributed by atoms with Crippen LogP contribution in [0.5, 0.6) is 0 Å². The third-order valence-corrected chi connectivity index (χ3v) is 0. The topological polar surface area (TPSA) is 0 Å². The number of rotatable bonds is 0. The van der Waals surface area contributed by atoms with Gasteiger partial charge in [-0.25, -0.2) is 0 Å². The van der Waals surface area contributed by atoms with E-state index in [0.717, 1.165) is 0 Å². The molecule has 0 fully saturated rings. The minimum atomic E-state index is 0. The summed E-state index contributed by atoms with van der Waals surface area (Å²) in [6.07, 6.45) is 0. The molecule has 0 saturated carbocycles. The predicted octanol–water partition coefficient (Wildman–Crippen LogP) is -1.34. The normalized spacial score (nSPS) is 0. The molecule has 4 heavy (non-hydrogen) atoms. The van der Waals surface area contributed by atoms with Gasteiger partial charge in [0.1, 0.15) is 0 Å². The third kappa shape index (κ3) is 8.82. The van der Waals surface area contributed by atoms with Crippen molar-refractivity contribution >= 4 is 40.4 Å². The summed E-state index contributed by atoms with van der Waals surface area (Å²) < 4.78 is 0. The smallest absolute Gasteiger partial charge is 1.00 e. The number of hydrogen-bond acceptors (Lipinski definition) is 0. The van der Waals surface area contributed by atoms with Crippen LogP contribution >= 0.6 is 0 Å². The van der Waals surface area contributed by atoms with Crippen molar-refractivity contribution in [2.45, 2.75) is 0 Å². The van der Waals surface area contributed by atoms with Crippen molar-refractivity contribution in [3.05, 3.63) is 0 Å². The van der Waals surface area contributed by atoms with Crippen LogP contribution in [0, 0.1) is 0 Å². The van der Waals surface area contributed by atoms with Gasteiger partial charge in [-0.05, 0) is 0 Å². The Hall–Kier alpha value is 2.55. The Balaban J connectivity index is 0. The Morgan fingerprint density at radius 1 is 1.25 bits per heavy atom. The van der Waals surface area contributed by atoms with Gasteiger partial charge in [-0.1, -0.05) is 0 Å². The molecule has 20 valence electrons. The maximum atomic E-state index is 0. The van der Waals surface area contributed by atoms with E-state index < -0.39 is 0 Å². The molecule has 0 heterocycles. The molecule has 0 aliphatic carbocycles. The van der Waals surface area contributed by atoms with Crippen LogP contribution in [0.3, 0.4) is 0 Å². The standard InChI is InChI=1S/Al.Cr.Mg.Ti.5H/q;;+2;;;;;2*-1. The average Bonchev–Trinajstić information content (AvgIpc) is 0. The second-order valence-corrected chi connectivity index (χ2v) is 0. The van der Waals surface area contributed by atoms with Crippen molar-refractivity contribution in [1.29, 1.82) is 0 Å². The van der Waals surface area contributed by atoms with Crippen molar-refractivity contribution in [3.8, 4) is 0 Å². The van der Waals surface area contributed by atoms with E-state index in [2.05, 4.69) is 0 Å². The van der Waals surface area contributed by atoms with Crippen molar-refractivity contribution in [2.24, 2.45) is 0 Å². The van der Waals surface area contributed by atoms with Crippen molar-refractivity contribution < 1.29 is 41.9 Å². The molecule has 0 amide bonds. The maximum Gasteiger partial charge on any atom is 2.00 e. The van der Waals surface area contributed by atoms with E-state index in [0.29, 0.717) is 0 Å². The summed E-state index contributed by atoms with van der Waals surface area (Å²) in [5.74, 6) is 0. The Labute approximate surface area is 81.4 Å². The molecule has 0 aliphatic rings. The summed E-state index contributed by atoms with van der Waals surface area (Å²) in [4.78, 5) is 0. The molecule has 0 atom stereocenters. The molecule has 0 bridgehead atoms. The molecule has 0 rings (SSSR count). The van der Waals surface area contributed by atoms with Crippen LogP contribution in [0.2, 0.25) is 0 Å². The zero-order valence-electron chi connectivity index (χ0n) is 3.62. The quantitative estimate of drug-likeness (QED) is 0.381. The van der Waals surface area contributed by atoms with Gasteiger partial charge in [0, 0.05) is 39.1 Å². The molecule has 0 N–H and O–H groups in total. The van der Waals surface area contributed by atoms with Crippen LogP contribution in [0.15, 0.2) is 0 Å². The van der Waals surface area contributed by atoms with Crippen LogP contribution in [0.4, 0.5) is 0 Å². The SMILES string of the molecule is [AlH3].[Cr].[H-].[H-].[Mg+2].[Ti]. The summed E-state index contributed by atoms with van der Waals surface area (Å²) in [6, 6.07) is 0.